The zero-order valence-corrected chi connectivity index (χ0v) is 14.2. The number of benzene rings is 2. The zero-order valence-electron chi connectivity index (χ0n) is 13.5. The van der Waals surface area contributed by atoms with Crippen molar-refractivity contribution >= 4 is 34.8 Å². The molecule has 26 heavy (non-hydrogen) atoms. The summed E-state index contributed by atoms with van der Waals surface area (Å²) in [5.41, 5.74) is 0.766. The number of rotatable bonds is 3. The van der Waals surface area contributed by atoms with Crippen molar-refractivity contribution in [2.45, 2.75) is 12.1 Å². The first kappa shape index (κ1) is 16.5. The summed E-state index contributed by atoms with van der Waals surface area (Å²) >= 11 is 5.81. The Labute approximate surface area is 152 Å². The second-order valence-electron chi connectivity index (χ2n) is 5.75. The number of methoxy groups -OCH3 is 1. The molecule has 0 N–H and O–H groups in total. The van der Waals surface area contributed by atoms with E-state index in [1.807, 2.05) is 0 Å². The monoisotopic (exact) mass is 374 g/mol. The third kappa shape index (κ3) is 2.41. The summed E-state index contributed by atoms with van der Waals surface area (Å²) < 4.78 is 18.5. The fourth-order valence-electron chi connectivity index (χ4n) is 3.00. The van der Waals surface area contributed by atoms with Crippen molar-refractivity contribution < 1.29 is 18.7 Å². The smallest absolute Gasteiger partial charge is 0.263 e. The Morgan fingerprint density at radius 2 is 1.92 bits per heavy atom. The van der Waals surface area contributed by atoms with E-state index >= 15 is 0 Å². The van der Waals surface area contributed by atoms with E-state index in [2.05, 4.69) is 10.3 Å². The molecule has 0 spiro atoms. The van der Waals surface area contributed by atoms with Gasteiger partial charge in [-0.3, -0.25) is 9.59 Å². The fourth-order valence-corrected chi connectivity index (χ4v) is 3.18. The number of imide groups is 1. The summed E-state index contributed by atoms with van der Waals surface area (Å²) in [4.78, 5) is 26.7. The molecule has 4 rings (SSSR count). The van der Waals surface area contributed by atoms with E-state index in [4.69, 9.17) is 16.3 Å². The minimum Gasteiger partial charge on any atom is -0.497 e. The Bertz CT molecular complexity index is 951. The van der Waals surface area contributed by atoms with E-state index in [0.29, 0.717) is 17.1 Å². The van der Waals surface area contributed by atoms with Gasteiger partial charge in [-0.2, -0.15) is 5.11 Å². The Balaban J connectivity index is 1.70. The largest absolute Gasteiger partial charge is 0.497 e. The summed E-state index contributed by atoms with van der Waals surface area (Å²) in [6.45, 7) is 0. The van der Waals surface area contributed by atoms with Crippen molar-refractivity contribution in [2.75, 3.05) is 17.0 Å². The van der Waals surface area contributed by atoms with Gasteiger partial charge in [0.1, 0.15) is 11.6 Å². The van der Waals surface area contributed by atoms with Crippen LogP contribution in [-0.4, -0.2) is 31.0 Å². The first-order valence-electron chi connectivity index (χ1n) is 7.68. The molecule has 132 valence electrons. The SMILES string of the molecule is COc1cccc(N2C(=O)C3N=NN(c4ccc(F)c(Cl)c4)C3C2=O)c1. The molecule has 2 unspecified atom stereocenters. The van der Waals surface area contributed by atoms with Gasteiger partial charge in [0.25, 0.3) is 11.8 Å². The first-order chi connectivity index (χ1) is 12.5. The molecule has 0 radical (unpaired) electrons. The highest BCUT2D eigenvalue weighted by molar-refractivity contribution is 6.31. The number of amides is 2. The van der Waals surface area contributed by atoms with Crippen LogP contribution in [0.25, 0.3) is 0 Å². The summed E-state index contributed by atoms with van der Waals surface area (Å²) in [6.07, 6.45) is 0. The van der Waals surface area contributed by atoms with Crippen LogP contribution in [0.3, 0.4) is 0 Å². The third-order valence-electron chi connectivity index (χ3n) is 4.26. The highest BCUT2D eigenvalue weighted by Gasteiger charge is 2.55. The van der Waals surface area contributed by atoms with Crippen LogP contribution in [0.15, 0.2) is 52.8 Å². The standard InChI is InChI=1S/C17H12ClFN4O3/c1-26-11-4-2-3-9(7-11)22-16(24)14-15(17(22)25)23(21-20-14)10-5-6-13(19)12(18)8-10/h2-8,14-15H,1H3. The average molecular weight is 375 g/mol. The van der Waals surface area contributed by atoms with Crippen molar-refractivity contribution in [1.82, 2.24) is 0 Å². The molecule has 2 atom stereocenters. The van der Waals surface area contributed by atoms with Crippen molar-refractivity contribution in [3.05, 3.63) is 53.3 Å². The van der Waals surface area contributed by atoms with Crippen LogP contribution in [0.1, 0.15) is 0 Å². The number of hydrogen-bond donors (Lipinski definition) is 0. The molecular weight excluding hydrogens is 363 g/mol. The summed E-state index contributed by atoms with van der Waals surface area (Å²) in [5, 5.41) is 9.02. The van der Waals surface area contributed by atoms with Crippen LogP contribution >= 0.6 is 11.6 Å². The second-order valence-corrected chi connectivity index (χ2v) is 6.16. The highest BCUT2D eigenvalue weighted by atomic mass is 35.5. The molecule has 0 aromatic heterocycles. The molecule has 0 saturated carbocycles. The normalized spacial score (nSPS) is 21.5. The lowest BCUT2D eigenvalue weighted by Crippen LogP contribution is -2.39. The minimum absolute atomic E-state index is 0.109. The van der Waals surface area contributed by atoms with E-state index in [9.17, 15) is 14.0 Å². The molecule has 0 aliphatic carbocycles. The predicted molar refractivity (Wildman–Crippen MR) is 91.8 cm³/mol. The molecule has 2 aliphatic heterocycles. The third-order valence-corrected chi connectivity index (χ3v) is 4.55. The molecule has 2 aromatic rings. The van der Waals surface area contributed by atoms with Gasteiger partial charge in [-0.05, 0) is 30.3 Å². The maximum absolute atomic E-state index is 13.4. The lowest BCUT2D eigenvalue weighted by atomic mass is 10.1. The van der Waals surface area contributed by atoms with E-state index in [-0.39, 0.29) is 5.02 Å². The van der Waals surface area contributed by atoms with Gasteiger partial charge in [-0.1, -0.05) is 22.9 Å². The van der Waals surface area contributed by atoms with Crippen LogP contribution in [0.5, 0.6) is 5.75 Å². The number of nitrogens with zero attached hydrogens (tertiary/aromatic N) is 4. The van der Waals surface area contributed by atoms with Crippen molar-refractivity contribution in [3.63, 3.8) is 0 Å². The molecule has 2 amide bonds. The van der Waals surface area contributed by atoms with Crippen LogP contribution in [0.4, 0.5) is 15.8 Å². The molecule has 2 heterocycles. The maximum Gasteiger partial charge on any atom is 0.263 e. The zero-order chi connectivity index (χ0) is 18.4. The average Bonchev–Trinajstić information content (AvgIpc) is 3.18. The fraction of sp³-hybridized carbons (Fsp3) is 0.176. The number of hydrogen-bond acceptors (Lipinski definition) is 6. The second kappa shape index (κ2) is 6.06. The number of carbonyl (C=O) groups excluding carboxylic acids is 2. The van der Waals surface area contributed by atoms with Crippen molar-refractivity contribution in [3.8, 4) is 5.75 Å². The molecule has 1 saturated heterocycles. The molecule has 9 heteroatoms. The van der Waals surface area contributed by atoms with Gasteiger partial charge >= 0.3 is 0 Å². The van der Waals surface area contributed by atoms with Crippen LogP contribution in [0, 0.1) is 5.82 Å². The minimum atomic E-state index is -0.961. The topological polar surface area (TPSA) is 74.6 Å². The number of carbonyl (C=O) groups is 2. The number of fused-ring (bicyclic) bond motifs is 1. The summed E-state index contributed by atoms with van der Waals surface area (Å²) in [7, 11) is 1.50. The summed E-state index contributed by atoms with van der Waals surface area (Å²) in [5.74, 6) is -1.02. The maximum atomic E-state index is 13.4. The van der Waals surface area contributed by atoms with Crippen molar-refractivity contribution in [1.29, 1.82) is 0 Å². The van der Waals surface area contributed by atoms with Gasteiger partial charge in [0.2, 0.25) is 0 Å². The molecule has 0 bridgehead atoms. The molecule has 7 nitrogen and oxygen atoms in total. The van der Waals surface area contributed by atoms with Gasteiger partial charge in [-0.25, -0.2) is 14.3 Å². The van der Waals surface area contributed by atoms with Gasteiger partial charge in [-0.15, -0.1) is 0 Å². The van der Waals surface area contributed by atoms with E-state index in [0.717, 1.165) is 4.90 Å². The van der Waals surface area contributed by atoms with Gasteiger partial charge in [0.05, 0.1) is 23.5 Å². The summed E-state index contributed by atoms with van der Waals surface area (Å²) in [6, 6.07) is 8.65. The lowest BCUT2D eigenvalue weighted by Gasteiger charge is -2.21. The number of anilines is 2. The van der Waals surface area contributed by atoms with E-state index in [1.165, 1.54) is 30.3 Å². The molecule has 1 fully saturated rings. The molecule has 2 aliphatic rings. The van der Waals surface area contributed by atoms with Crippen LogP contribution in [-0.2, 0) is 9.59 Å². The van der Waals surface area contributed by atoms with Gasteiger partial charge in [0.15, 0.2) is 12.1 Å². The number of halogens is 2. The quantitative estimate of drug-likeness (QED) is 0.774. The predicted octanol–water partition coefficient (Wildman–Crippen LogP) is 2.99. The molecular formula is C17H12ClFN4O3. The number of ether oxygens (including phenoxy) is 1. The first-order valence-corrected chi connectivity index (χ1v) is 8.06. The Morgan fingerprint density at radius 3 is 2.65 bits per heavy atom. The van der Waals surface area contributed by atoms with Crippen LogP contribution < -0.4 is 14.6 Å². The Morgan fingerprint density at radius 1 is 1.12 bits per heavy atom. The molecule has 2 aromatic carbocycles. The lowest BCUT2D eigenvalue weighted by molar-refractivity contribution is -0.121. The van der Waals surface area contributed by atoms with E-state index in [1.54, 1.807) is 24.3 Å². The van der Waals surface area contributed by atoms with Gasteiger partial charge in [0, 0.05) is 6.07 Å². The van der Waals surface area contributed by atoms with Crippen LogP contribution in [0.2, 0.25) is 5.02 Å². The van der Waals surface area contributed by atoms with E-state index < -0.39 is 29.7 Å². The van der Waals surface area contributed by atoms with Gasteiger partial charge < -0.3 is 4.74 Å². The Kier molecular flexibility index (Phi) is 3.84. The highest BCUT2D eigenvalue weighted by Crippen LogP contribution is 2.36. The Hall–Kier alpha value is -3.00. The van der Waals surface area contributed by atoms with Crippen molar-refractivity contribution in [2.24, 2.45) is 10.3 Å².